The van der Waals surface area contributed by atoms with Crippen LogP contribution in [0.3, 0.4) is 0 Å². The zero-order valence-corrected chi connectivity index (χ0v) is 42.4. The summed E-state index contributed by atoms with van der Waals surface area (Å²) in [4.78, 5) is 44.6. The molecule has 0 bridgehead atoms. The summed E-state index contributed by atoms with van der Waals surface area (Å²) in [5, 5.41) is 25.6. The number of carboxylic acids is 3. The van der Waals surface area contributed by atoms with Crippen molar-refractivity contribution in [3.8, 4) is 0 Å². The van der Waals surface area contributed by atoms with Crippen LogP contribution in [0, 0.1) is 0 Å². The van der Waals surface area contributed by atoms with Crippen LogP contribution in [0.15, 0.2) is 0 Å². The standard InChI is InChI=1S/C22H42O4.C18H34O4.C11H25NO2/c1-22(2,3)26-21(25)19-17-15-13-11-9-7-5-4-6-8-10-12-14-16-18-20(23)24;19-17(20)15-13-11-9-7-5-3-1-2-4-6-8-10-12-14-16-18(21)22;1-10(2,3)13-9(12(7)8)14-11(4,5)6/h4-19H2,1-3H3,(H,23,24);1-16H2,(H,19,20)(H,21,22);9H,1-8H3. The highest BCUT2D eigenvalue weighted by atomic mass is 16.7. The van der Waals surface area contributed by atoms with Gasteiger partial charge in [0.1, 0.15) is 5.60 Å². The molecular weight excluding hydrogens is 787 g/mol. The number of hydrogen-bond acceptors (Lipinski definition) is 8. The van der Waals surface area contributed by atoms with E-state index >= 15 is 0 Å². The molecule has 0 rings (SSSR count). The van der Waals surface area contributed by atoms with Crippen molar-refractivity contribution in [3.05, 3.63) is 0 Å². The van der Waals surface area contributed by atoms with E-state index in [9.17, 15) is 19.2 Å². The normalized spacial score (nSPS) is 11.8. The van der Waals surface area contributed by atoms with Crippen LogP contribution in [0.5, 0.6) is 0 Å². The molecule has 0 aromatic carbocycles. The summed E-state index contributed by atoms with van der Waals surface area (Å²) in [6.45, 7) is 17.9. The van der Waals surface area contributed by atoms with Gasteiger partial charge in [-0.3, -0.25) is 24.1 Å². The summed E-state index contributed by atoms with van der Waals surface area (Å²) in [6, 6.07) is 0. The average molecular weight is 888 g/mol. The van der Waals surface area contributed by atoms with Crippen LogP contribution in [0.4, 0.5) is 0 Å². The van der Waals surface area contributed by atoms with Crippen molar-refractivity contribution in [1.82, 2.24) is 4.90 Å². The maximum absolute atomic E-state index is 11.6. The second-order valence-corrected chi connectivity index (χ2v) is 20.4. The third-order valence-electron chi connectivity index (χ3n) is 9.80. The Hall–Kier alpha value is -2.24. The molecule has 0 aliphatic carbocycles. The zero-order chi connectivity index (χ0) is 47.7. The van der Waals surface area contributed by atoms with Crippen LogP contribution in [0.2, 0.25) is 0 Å². The maximum Gasteiger partial charge on any atom is 0.306 e. The number of nitrogens with zero attached hydrogens (tertiary/aromatic N) is 1. The predicted octanol–water partition coefficient (Wildman–Crippen LogP) is 14.5. The topological polar surface area (TPSA) is 160 Å². The lowest BCUT2D eigenvalue weighted by atomic mass is 10.0. The molecule has 0 atom stereocenters. The fourth-order valence-electron chi connectivity index (χ4n) is 6.57. The summed E-state index contributed by atoms with van der Waals surface area (Å²) in [7, 11) is 3.89. The number of unbranched alkanes of at least 4 members (excludes halogenated alkanes) is 26. The lowest BCUT2D eigenvalue weighted by Gasteiger charge is -2.35. The zero-order valence-electron chi connectivity index (χ0n) is 42.4. The molecule has 0 saturated carbocycles. The molecular formula is C51H101NO10. The quantitative estimate of drug-likeness (QED) is 0.0309. The Labute approximate surface area is 381 Å². The molecule has 3 N–H and O–H groups in total. The molecule has 0 radical (unpaired) electrons. The maximum atomic E-state index is 11.6. The number of ether oxygens (including phenoxy) is 3. The number of carboxylic acid groups (broad SMARTS) is 3. The first kappa shape index (κ1) is 64.0. The second-order valence-electron chi connectivity index (χ2n) is 20.4. The molecule has 0 aromatic heterocycles. The molecule has 0 aromatic rings. The Morgan fingerprint density at radius 3 is 0.710 bits per heavy atom. The smallest absolute Gasteiger partial charge is 0.306 e. The first-order chi connectivity index (χ1) is 28.9. The van der Waals surface area contributed by atoms with Crippen molar-refractivity contribution in [1.29, 1.82) is 0 Å². The third kappa shape index (κ3) is 62.1. The minimum atomic E-state index is -0.679. The highest BCUT2D eigenvalue weighted by Crippen LogP contribution is 2.19. The summed E-state index contributed by atoms with van der Waals surface area (Å²) < 4.78 is 16.9. The van der Waals surface area contributed by atoms with E-state index in [1.54, 1.807) is 0 Å². The molecule has 0 fully saturated rings. The van der Waals surface area contributed by atoms with Crippen LogP contribution in [-0.4, -0.2) is 81.4 Å². The van der Waals surface area contributed by atoms with Gasteiger partial charge in [-0.2, -0.15) is 0 Å². The average Bonchev–Trinajstić information content (AvgIpc) is 3.12. The van der Waals surface area contributed by atoms with Crippen molar-refractivity contribution >= 4 is 23.9 Å². The Balaban J connectivity index is -0.000000879. The number of rotatable bonds is 37. The summed E-state index contributed by atoms with van der Waals surface area (Å²) in [5.74, 6) is -2.10. The summed E-state index contributed by atoms with van der Waals surface area (Å²) >= 11 is 0. The highest BCUT2D eigenvalue weighted by molar-refractivity contribution is 5.69. The molecule has 0 saturated heterocycles. The van der Waals surface area contributed by atoms with Gasteiger partial charge in [-0.05, 0) is 102 Å². The minimum Gasteiger partial charge on any atom is -0.481 e. The Morgan fingerprint density at radius 2 is 0.548 bits per heavy atom. The van der Waals surface area contributed by atoms with Gasteiger partial charge in [0.2, 0.25) is 6.41 Å². The van der Waals surface area contributed by atoms with Crippen molar-refractivity contribution < 1.29 is 48.7 Å². The molecule has 0 aliphatic heterocycles. The Morgan fingerprint density at radius 1 is 0.355 bits per heavy atom. The van der Waals surface area contributed by atoms with Crippen LogP contribution in [0.25, 0.3) is 0 Å². The molecule has 11 heteroatoms. The molecule has 370 valence electrons. The van der Waals surface area contributed by atoms with Gasteiger partial charge < -0.3 is 29.5 Å². The first-order valence-corrected chi connectivity index (χ1v) is 24.8. The summed E-state index contributed by atoms with van der Waals surface area (Å²) in [5.41, 5.74) is -0.752. The Kier molecular flexibility index (Phi) is 42.8. The number of aliphatic carboxylic acids is 3. The number of esters is 1. The molecule has 0 amide bonds. The molecule has 0 heterocycles. The van der Waals surface area contributed by atoms with Crippen LogP contribution < -0.4 is 0 Å². The summed E-state index contributed by atoms with van der Waals surface area (Å²) in [6.07, 6.45) is 34.3. The number of carbonyl (C=O) groups excluding carboxylic acids is 1. The van der Waals surface area contributed by atoms with Gasteiger partial charge in [0.25, 0.3) is 0 Å². The van der Waals surface area contributed by atoms with Crippen molar-refractivity contribution in [3.63, 3.8) is 0 Å². The van der Waals surface area contributed by atoms with E-state index in [4.69, 9.17) is 29.5 Å². The molecule has 0 aliphatic rings. The largest absolute Gasteiger partial charge is 0.481 e. The number of hydrogen-bond donors (Lipinski definition) is 3. The first-order valence-electron chi connectivity index (χ1n) is 24.8. The predicted molar refractivity (Wildman–Crippen MR) is 256 cm³/mol. The van der Waals surface area contributed by atoms with E-state index in [1.165, 1.54) is 128 Å². The lowest BCUT2D eigenvalue weighted by molar-refractivity contribution is -0.285. The second kappa shape index (κ2) is 41.5. The molecule has 62 heavy (non-hydrogen) atoms. The van der Waals surface area contributed by atoms with Gasteiger partial charge in [-0.25, -0.2) is 0 Å². The fourth-order valence-corrected chi connectivity index (χ4v) is 6.57. The lowest BCUT2D eigenvalue weighted by Crippen LogP contribution is -2.43. The van der Waals surface area contributed by atoms with Gasteiger partial charge in [0, 0.05) is 25.7 Å². The minimum absolute atomic E-state index is 0.0700. The van der Waals surface area contributed by atoms with Crippen LogP contribution in [-0.2, 0) is 33.4 Å². The van der Waals surface area contributed by atoms with Crippen molar-refractivity contribution in [2.24, 2.45) is 0 Å². The van der Waals surface area contributed by atoms with E-state index < -0.39 is 17.9 Å². The van der Waals surface area contributed by atoms with E-state index in [2.05, 4.69) is 0 Å². The third-order valence-corrected chi connectivity index (χ3v) is 9.80. The van der Waals surface area contributed by atoms with E-state index in [0.717, 1.165) is 51.4 Å². The Bertz CT molecular complexity index is 1010. The van der Waals surface area contributed by atoms with Gasteiger partial charge in [-0.15, -0.1) is 0 Å². The van der Waals surface area contributed by atoms with Gasteiger partial charge >= 0.3 is 23.9 Å². The van der Waals surface area contributed by atoms with E-state index in [-0.39, 0.29) is 29.2 Å². The van der Waals surface area contributed by atoms with E-state index in [1.807, 2.05) is 81.3 Å². The number of carbonyl (C=O) groups is 4. The molecule has 0 unspecified atom stereocenters. The van der Waals surface area contributed by atoms with Gasteiger partial charge in [0.05, 0.1) is 11.2 Å². The molecule has 11 nitrogen and oxygen atoms in total. The van der Waals surface area contributed by atoms with Gasteiger partial charge in [0.15, 0.2) is 0 Å². The van der Waals surface area contributed by atoms with Crippen molar-refractivity contribution in [2.45, 2.75) is 291 Å². The monoisotopic (exact) mass is 888 g/mol. The molecule has 0 spiro atoms. The van der Waals surface area contributed by atoms with E-state index in [0.29, 0.717) is 25.7 Å². The van der Waals surface area contributed by atoms with Crippen LogP contribution >= 0.6 is 0 Å². The van der Waals surface area contributed by atoms with Gasteiger partial charge in [-0.1, -0.05) is 154 Å². The SMILES string of the molecule is CC(C)(C)OC(=O)CCCCCCCCCCCCCCCCC(=O)O.CN(C)C(OC(C)(C)C)OC(C)(C)C.O=C(O)CCCCCCCCCCCCCCCCC(=O)O. The van der Waals surface area contributed by atoms with Crippen molar-refractivity contribution in [2.75, 3.05) is 14.1 Å². The fraction of sp³-hybridized carbons (Fsp3) is 0.922. The van der Waals surface area contributed by atoms with Crippen LogP contribution in [0.1, 0.15) is 268 Å². The highest BCUT2D eigenvalue weighted by Gasteiger charge is 2.26.